The second-order valence-corrected chi connectivity index (χ2v) is 5.91. The minimum absolute atomic E-state index is 0.264. The molecule has 0 fully saturated rings. The van der Waals surface area contributed by atoms with E-state index in [2.05, 4.69) is 15.5 Å². The Balaban J connectivity index is 1.58. The molecule has 3 aromatic rings. The fraction of sp³-hybridized carbons (Fsp3) is 0.200. The van der Waals surface area contributed by atoms with Crippen molar-refractivity contribution in [1.82, 2.24) is 4.98 Å². The summed E-state index contributed by atoms with van der Waals surface area (Å²) < 4.78 is 16.3. The SMILES string of the molecule is CCOc1ccc2c(N/N=C/c3ccc4c(c3)OCO4)cc(C)nc2c1. The molecule has 0 saturated heterocycles. The Bertz CT molecular complexity index is 985. The van der Waals surface area contributed by atoms with Gasteiger partial charge in [-0.25, -0.2) is 0 Å². The zero-order valence-electron chi connectivity index (χ0n) is 14.7. The molecule has 0 unspecified atom stereocenters. The number of rotatable bonds is 5. The summed E-state index contributed by atoms with van der Waals surface area (Å²) in [6.07, 6.45) is 1.75. The Hall–Kier alpha value is -3.28. The van der Waals surface area contributed by atoms with Crippen molar-refractivity contribution in [1.29, 1.82) is 0 Å². The lowest BCUT2D eigenvalue weighted by Crippen LogP contribution is -1.96. The van der Waals surface area contributed by atoms with Gasteiger partial charge >= 0.3 is 0 Å². The van der Waals surface area contributed by atoms with Crippen molar-refractivity contribution in [3.05, 3.63) is 53.7 Å². The predicted molar refractivity (Wildman–Crippen MR) is 101 cm³/mol. The lowest BCUT2D eigenvalue weighted by molar-refractivity contribution is 0.174. The van der Waals surface area contributed by atoms with Crippen LogP contribution in [0, 0.1) is 6.92 Å². The van der Waals surface area contributed by atoms with E-state index >= 15 is 0 Å². The zero-order valence-corrected chi connectivity index (χ0v) is 14.7. The van der Waals surface area contributed by atoms with Crippen LogP contribution in [0.3, 0.4) is 0 Å². The number of aryl methyl sites for hydroxylation is 1. The summed E-state index contributed by atoms with van der Waals surface area (Å²) in [5.41, 5.74) is 6.72. The average molecular weight is 349 g/mol. The third kappa shape index (κ3) is 3.26. The first-order valence-corrected chi connectivity index (χ1v) is 8.46. The Labute approximate surface area is 151 Å². The molecule has 0 saturated carbocycles. The van der Waals surface area contributed by atoms with Gasteiger partial charge < -0.3 is 14.2 Å². The third-order valence-electron chi connectivity index (χ3n) is 4.02. The second kappa shape index (κ2) is 6.92. The van der Waals surface area contributed by atoms with Crippen LogP contribution in [-0.2, 0) is 0 Å². The van der Waals surface area contributed by atoms with Gasteiger partial charge in [0.15, 0.2) is 11.5 Å². The van der Waals surface area contributed by atoms with E-state index in [9.17, 15) is 0 Å². The smallest absolute Gasteiger partial charge is 0.231 e. The molecule has 0 radical (unpaired) electrons. The van der Waals surface area contributed by atoms with E-state index < -0.39 is 0 Å². The van der Waals surface area contributed by atoms with Crippen molar-refractivity contribution in [3.63, 3.8) is 0 Å². The van der Waals surface area contributed by atoms with E-state index in [-0.39, 0.29) is 6.79 Å². The van der Waals surface area contributed by atoms with Crippen LogP contribution in [0.1, 0.15) is 18.2 Å². The molecule has 0 amide bonds. The number of fused-ring (bicyclic) bond motifs is 2. The minimum atomic E-state index is 0.264. The maximum atomic E-state index is 5.56. The number of anilines is 1. The monoisotopic (exact) mass is 349 g/mol. The molecule has 0 bridgehead atoms. The lowest BCUT2D eigenvalue weighted by Gasteiger charge is -2.09. The fourth-order valence-corrected chi connectivity index (χ4v) is 2.86. The molecule has 1 N–H and O–H groups in total. The van der Waals surface area contributed by atoms with Crippen molar-refractivity contribution < 1.29 is 14.2 Å². The molecule has 2 aromatic carbocycles. The number of benzene rings is 2. The van der Waals surface area contributed by atoms with Gasteiger partial charge in [0.25, 0.3) is 0 Å². The average Bonchev–Trinajstić information content (AvgIpc) is 3.09. The Morgan fingerprint density at radius 2 is 2.04 bits per heavy atom. The number of nitrogens with one attached hydrogen (secondary N) is 1. The van der Waals surface area contributed by atoms with Crippen molar-refractivity contribution in [2.24, 2.45) is 5.10 Å². The summed E-state index contributed by atoms with van der Waals surface area (Å²) in [6.45, 7) is 4.81. The molecule has 1 aliphatic rings. The Morgan fingerprint density at radius 3 is 2.92 bits per heavy atom. The van der Waals surface area contributed by atoms with Gasteiger partial charge in [-0.1, -0.05) is 0 Å². The molecule has 1 aliphatic heterocycles. The minimum Gasteiger partial charge on any atom is -0.494 e. The van der Waals surface area contributed by atoms with Gasteiger partial charge in [0.2, 0.25) is 6.79 Å². The molecule has 2 heterocycles. The molecule has 6 nitrogen and oxygen atoms in total. The fourth-order valence-electron chi connectivity index (χ4n) is 2.86. The summed E-state index contributed by atoms with van der Waals surface area (Å²) in [5, 5.41) is 5.34. The standard InChI is InChI=1S/C20H19N3O3/c1-3-24-15-5-6-16-17(10-15)22-13(2)8-18(16)23-21-11-14-4-7-19-20(9-14)26-12-25-19/h4-11H,3,12H2,1-2H3,(H,22,23)/b21-11+. The number of pyridine rings is 1. The lowest BCUT2D eigenvalue weighted by atomic mass is 10.1. The highest BCUT2D eigenvalue weighted by molar-refractivity contribution is 5.93. The van der Waals surface area contributed by atoms with Gasteiger partial charge in [-0.3, -0.25) is 10.4 Å². The second-order valence-electron chi connectivity index (χ2n) is 5.91. The van der Waals surface area contributed by atoms with Crippen molar-refractivity contribution >= 4 is 22.8 Å². The number of aromatic nitrogens is 1. The Kier molecular flexibility index (Phi) is 4.31. The van der Waals surface area contributed by atoms with Crippen LogP contribution >= 0.6 is 0 Å². The predicted octanol–water partition coefficient (Wildman–Crippen LogP) is 4.12. The van der Waals surface area contributed by atoms with E-state index in [1.807, 2.05) is 56.3 Å². The molecule has 6 heteroatoms. The molecule has 0 aliphatic carbocycles. The largest absolute Gasteiger partial charge is 0.494 e. The molecule has 26 heavy (non-hydrogen) atoms. The summed E-state index contributed by atoms with van der Waals surface area (Å²) in [5.74, 6) is 2.31. The molecular weight excluding hydrogens is 330 g/mol. The molecule has 132 valence electrons. The number of hydrazone groups is 1. The van der Waals surface area contributed by atoms with E-state index in [0.717, 1.165) is 45.1 Å². The van der Waals surface area contributed by atoms with Crippen LogP contribution in [0.15, 0.2) is 47.6 Å². The molecule has 1 aromatic heterocycles. The van der Waals surface area contributed by atoms with Gasteiger partial charge in [0.05, 0.1) is 24.0 Å². The Morgan fingerprint density at radius 1 is 1.15 bits per heavy atom. The highest BCUT2D eigenvalue weighted by Crippen LogP contribution is 2.32. The highest BCUT2D eigenvalue weighted by Gasteiger charge is 2.12. The quantitative estimate of drug-likeness (QED) is 0.554. The summed E-state index contributed by atoms with van der Waals surface area (Å²) in [6, 6.07) is 13.6. The summed E-state index contributed by atoms with van der Waals surface area (Å²) in [4.78, 5) is 4.58. The molecular formula is C20H19N3O3. The molecule has 0 spiro atoms. The van der Waals surface area contributed by atoms with Crippen molar-refractivity contribution in [2.45, 2.75) is 13.8 Å². The number of nitrogens with zero attached hydrogens (tertiary/aromatic N) is 2. The van der Waals surface area contributed by atoms with Crippen LogP contribution in [0.5, 0.6) is 17.2 Å². The van der Waals surface area contributed by atoms with Gasteiger partial charge in [-0.2, -0.15) is 5.10 Å². The van der Waals surface area contributed by atoms with E-state index in [1.54, 1.807) is 6.21 Å². The normalized spacial score (nSPS) is 12.7. The molecule has 4 rings (SSSR count). The van der Waals surface area contributed by atoms with Crippen LogP contribution < -0.4 is 19.6 Å². The van der Waals surface area contributed by atoms with Crippen LogP contribution in [0.2, 0.25) is 0 Å². The van der Waals surface area contributed by atoms with E-state index in [4.69, 9.17) is 14.2 Å². The van der Waals surface area contributed by atoms with Crippen LogP contribution in [-0.4, -0.2) is 24.6 Å². The topological polar surface area (TPSA) is 65.0 Å². The van der Waals surface area contributed by atoms with E-state index in [0.29, 0.717) is 6.61 Å². The van der Waals surface area contributed by atoms with Gasteiger partial charge in [-0.05, 0) is 55.8 Å². The van der Waals surface area contributed by atoms with Crippen molar-refractivity contribution in [2.75, 3.05) is 18.8 Å². The van der Waals surface area contributed by atoms with Gasteiger partial charge in [-0.15, -0.1) is 0 Å². The number of ether oxygens (including phenoxy) is 3. The van der Waals surface area contributed by atoms with Crippen LogP contribution in [0.25, 0.3) is 10.9 Å². The number of hydrogen-bond acceptors (Lipinski definition) is 6. The van der Waals surface area contributed by atoms with Gasteiger partial charge in [0.1, 0.15) is 5.75 Å². The third-order valence-corrected chi connectivity index (χ3v) is 4.02. The maximum Gasteiger partial charge on any atom is 0.231 e. The summed E-state index contributed by atoms with van der Waals surface area (Å²) >= 11 is 0. The van der Waals surface area contributed by atoms with Crippen molar-refractivity contribution in [3.8, 4) is 17.2 Å². The van der Waals surface area contributed by atoms with Crippen LogP contribution in [0.4, 0.5) is 5.69 Å². The number of hydrogen-bond donors (Lipinski definition) is 1. The van der Waals surface area contributed by atoms with Gasteiger partial charge in [0, 0.05) is 17.1 Å². The molecule has 0 atom stereocenters. The first-order chi connectivity index (χ1) is 12.7. The first kappa shape index (κ1) is 16.2. The first-order valence-electron chi connectivity index (χ1n) is 8.46. The highest BCUT2D eigenvalue weighted by atomic mass is 16.7. The van der Waals surface area contributed by atoms with E-state index in [1.165, 1.54) is 0 Å². The zero-order chi connectivity index (χ0) is 17.9. The maximum absolute atomic E-state index is 5.56. The summed E-state index contributed by atoms with van der Waals surface area (Å²) in [7, 11) is 0.